The number of hydrogen-bond donors (Lipinski definition) is 1. The van der Waals surface area contributed by atoms with E-state index in [2.05, 4.69) is 36.3 Å². The molecule has 1 N–H and O–H groups in total. The first-order valence-electron chi connectivity index (χ1n) is 12.5. The maximum atomic E-state index is 13.5. The summed E-state index contributed by atoms with van der Waals surface area (Å²) in [6.07, 6.45) is 5.58. The highest BCUT2D eigenvalue weighted by molar-refractivity contribution is 7.18. The Morgan fingerprint density at radius 1 is 1.06 bits per heavy atom. The Balaban J connectivity index is 1.42. The third-order valence-corrected chi connectivity index (χ3v) is 7.72. The molecule has 6 nitrogen and oxygen atoms in total. The van der Waals surface area contributed by atoms with Gasteiger partial charge in [-0.15, -0.1) is 10.2 Å². The van der Waals surface area contributed by atoms with Gasteiger partial charge in [0, 0.05) is 35.2 Å². The Hall–Kier alpha value is -2.77. The molecule has 190 valence electrons. The summed E-state index contributed by atoms with van der Waals surface area (Å²) in [5, 5.41) is 12.9. The molecule has 0 saturated heterocycles. The molecule has 0 spiro atoms. The molecule has 2 aromatic carbocycles. The third-order valence-electron chi connectivity index (χ3n) is 6.60. The summed E-state index contributed by atoms with van der Waals surface area (Å²) in [4.78, 5) is 28.2. The minimum Gasteiger partial charge on any atom is -0.335 e. The van der Waals surface area contributed by atoms with Crippen molar-refractivity contribution in [3.05, 3.63) is 64.7 Å². The molecular formula is C28H33ClN4O2S. The van der Waals surface area contributed by atoms with E-state index in [-0.39, 0.29) is 29.7 Å². The van der Waals surface area contributed by atoms with Crippen LogP contribution in [-0.2, 0) is 10.2 Å². The molecule has 2 amide bonds. The van der Waals surface area contributed by atoms with Gasteiger partial charge in [0.05, 0.1) is 0 Å². The van der Waals surface area contributed by atoms with Gasteiger partial charge in [0.2, 0.25) is 11.0 Å². The van der Waals surface area contributed by atoms with Gasteiger partial charge in [0.1, 0.15) is 5.01 Å². The van der Waals surface area contributed by atoms with E-state index in [1.165, 1.54) is 23.3 Å². The SMILES string of the molecule is CC(C)(C)c1ccc(C(=O)N(CCC(=O)Nc2nnc(-c3cccc(Cl)c3)s2)C2CCCCC2)cc1. The Morgan fingerprint density at radius 2 is 1.78 bits per heavy atom. The molecule has 1 heterocycles. The number of carbonyl (C=O) groups excluding carboxylic acids is 2. The smallest absolute Gasteiger partial charge is 0.254 e. The van der Waals surface area contributed by atoms with Crippen LogP contribution in [0.25, 0.3) is 10.6 Å². The first kappa shape index (κ1) is 26.3. The van der Waals surface area contributed by atoms with E-state index in [9.17, 15) is 9.59 Å². The van der Waals surface area contributed by atoms with Crippen LogP contribution in [0.4, 0.5) is 5.13 Å². The van der Waals surface area contributed by atoms with Crippen molar-refractivity contribution in [3.63, 3.8) is 0 Å². The highest BCUT2D eigenvalue weighted by Gasteiger charge is 2.27. The topological polar surface area (TPSA) is 75.2 Å². The highest BCUT2D eigenvalue weighted by Crippen LogP contribution is 2.29. The van der Waals surface area contributed by atoms with Crippen molar-refractivity contribution in [3.8, 4) is 10.6 Å². The van der Waals surface area contributed by atoms with E-state index in [1.54, 1.807) is 6.07 Å². The maximum absolute atomic E-state index is 13.5. The normalized spacial score (nSPS) is 14.4. The van der Waals surface area contributed by atoms with Crippen LogP contribution in [0.15, 0.2) is 48.5 Å². The fourth-order valence-electron chi connectivity index (χ4n) is 4.54. The average molecular weight is 525 g/mol. The zero-order chi connectivity index (χ0) is 25.7. The predicted molar refractivity (Wildman–Crippen MR) is 147 cm³/mol. The molecule has 1 aliphatic rings. The zero-order valence-electron chi connectivity index (χ0n) is 21.1. The molecule has 1 aliphatic carbocycles. The van der Waals surface area contributed by atoms with Gasteiger partial charge in [-0.25, -0.2) is 0 Å². The molecule has 8 heteroatoms. The standard InChI is InChI=1S/C28H33ClN4O2S/c1-28(2,3)21-14-12-19(13-15-21)26(35)33(23-10-5-4-6-11-23)17-16-24(34)30-27-32-31-25(36-27)20-8-7-9-22(29)18-20/h7-9,12-15,18,23H,4-6,10-11,16-17H2,1-3H3,(H,30,32,34). The number of anilines is 1. The van der Waals surface area contributed by atoms with Gasteiger partial charge in [-0.1, -0.05) is 87.2 Å². The average Bonchev–Trinajstić information content (AvgIpc) is 3.33. The largest absolute Gasteiger partial charge is 0.335 e. The number of nitrogens with one attached hydrogen (secondary N) is 1. The number of halogens is 1. The van der Waals surface area contributed by atoms with Crippen molar-refractivity contribution >= 4 is 39.9 Å². The number of amides is 2. The Kier molecular flexibility index (Phi) is 8.42. The van der Waals surface area contributed by atoms with Crippen molar-refractivity contribution in [1.82, 2.24) is 15.1 Å². The lowest BCUT2D eigenvalue weighted by molar-refractivity contribution is -0.116. The second kappa shape index (κ2) is 11.5. The van der Waals surface area contributed by atoms with Crippen molar-refractivity contribution in [1.29, 1.82) is 0 Å². The molecule has 0 unspecified atom stereocenters. The van der Waals surface area contributed by atoms with Crippen molar-refractivity contribution in [2.75, 3.05) is 11.9 Å². The van der Waals surface area contributed by atoms with Gasteiger partial charge in [0.15, 0.2) is 0 Å². The van der Waals surface area contributed by atoms with Gasteiger partial charge in [0.25, 0.3) is 5.91 Å². The minimum absolute atomic E-state index is 0.00526. The lowest BCUT2D eigenvalue weighted by Crippen LogP contribution is -2.43. The summed E-state index contributed by atoms with van der Waals surface area (Å²) in [6.45, 7) is 6.85. The zero-order valence-corrected chi connectivity index (χ0v) is 22.7. The summed E-state index contributed by atoms with van der Waals surface area (Å²) < 4.78 is 0. The van der Waals surface area contributed by atoms with Crippen LogP contribution in [0.5, 0.6) is 0 Å². The summed E-state index contributed by atoms with van der Waals surface area (Å²) in [5.74, 6) is -0.185. The third kappa shape index (κ3) is 6.71. The first-order valence-corrected chi connectivity index (χ1v) is 13.7. The van der Waals surface area contributed by atoms with Gasteiger partial charge in [-0.2, -0.15) is 0 Å². The molecule has 0 aliphatic heterocycles. The quantitative estimate of drug-likeness (QED) is 0.362. The molecule has 1 fully saturated rings. The molecule has 1 saturated carbocycles. The molecule has 1 aromatic heterocycles. The van der Waals surface area contributed by atoms with E-state index >= 15 is 0 Å². The lowest BCUT2D eigenvalue weighted by atomic mass is 9.86. The second-order valence-corrected chi connectivity index (χ2v) is 11.8. The molecule has 36 heavy (non-hydrogen) atoms. The summed E-state index contributed by atoms with van der Waals surface area (Å²) in [6, 6.07) is 15.4. The molecule has 3 aromatic rings. The van der Waals surface area contributed by atoms with Gasteiger partial charge in [-0.3, -0.25) is 9.59 Å². The monoisotopic (exact) mass is 524 g/mol. The Labute approximate surface area is 222 Å². The van der Waals surface area contributed by atoms with Gasteiger partial charge < -0.3 is 10.2 Å². The fraction of sp³-hybridized carbons (Fsp3) is 0.429. The van der Waals surface area contributed by atoms with Gasteiger partial charge in [-0.05, 0) is 48.1 Å². The summed E-state index contributed by atoms with van der Waals surface area (Å²) in [5.41, 5.74) is 2.74. The van der Waals surface area contributed by atoms with E-state index in [1.807, 2.05) is 47.4 Å². The van der Waals surface area contributed by atoms with Crippen LogP contribution in [0.3, 0.4) is 0 Å². The van der Waals surface area contributed by atoms with Crippen LogP contribution >= 0.6 is 22.9 Å². The first-order chi connectivity index (χ1) is 17.2. The fourth-order valence-corrected chi connectivity index (χ4v) is 5.48. The summed E-state index contributed by atoms with van der Waals surface area (Å²) >= 11 is 7.37. The lowest BCUT2D eigenvalue weighted by Gasteiger charge is -2.34. The number of nitrogens with zero attached hydrogens (tertiary/aromatic N) is 3. The molecule has 0 atom stereocenters. The molecule has 4 rings (SSSR count). The molecule has 0 radical (unpaired) electrons. The molecular weight excluding hydrogens is 492 g/mol. The number of aromatic nitrogens is 2. The number of carbonyl (C=O) groups is 2. The van der Waals surface area contributed by atoms with E-state index < -0.39 is 0 Å². The van der Waals surface area contributed by atoms with E-state index in [0.29, 0.717) is 27.3 Å². The number of rotatable bonds is 7. The number of hydrogen-bond acceptors (Lipinski definition) is 5. The van der Waals surface area contributed by atoms with Crippen LogP contribution in [0.2, 0.25) is 5.02 Å². The van der Waals surface area contributed by atoms with Crippen LogP contribution in [0, 0.1) is 0 Å². The van der Waals surface area contributed by atoms with Crippen molar-refractivity contribution in [2.45, 2.75) is 70.8 Å². The minimum atomic E-state index is -0.180. The second-order valence-electron chi connectivity index (χ2n) is 10.3. The van der Waals surface area contributed by atoms with Gasteiger partial charge >= 0.3 is 0 Å². The van der Waals surface area contributed by atoms with E-state index in [4.69, 9.17) is 11.6 Å². The van der Waals surface area contributed by atoms with E-state index in [0.717, 1.165) is 31.2 Å². The predicted octanol–water partition coefficient (Wildman–Crippen LogP) is 6.96. The highest BCUT2D eigenvalue weighted by atomic mass is 35.5. The Morgan fingerprint density at radius 3 is 2.44 bits per heavy atom. The maximum Gasteiger partial charge on any atom is 0.254 e. The van der Waals surface area contributed by atoms with Crippen LogP contribution in [0.1, 0.15) is 75.2 Å². The van der Waals surface area contributed by atoms with Crippen molar-refractivity contribution in [2.24, 2.45) is 0 Å². The Bertz CT molecular complexity index is 1200. The molecule has 0 bridgehead atoms. The number of benzene rings is 2. The van der Waals surface area contributed by atoms with Crippen LogP contribution < -0.4 is 5.32 Å². The summed E-state index contributed by atoms with van der Waals surface area (Å²) in [7, 11) is 0. The van der Waals surface area contributed by atoms with Crippen molar-refractivity contribution < 1.29 is 9.59 Å². The van der Waals surface area contributed by atoms with Crippen LogP contribution in [-0.4, -0.2) is 39.5 Å².